The number of aromatic nitrogens is 1. The lowest BCUT2D eigenvalue weighted by Crippen LogP contribution is -2.33. The Hall–Kier alpha value is -1.46. The van der Waals surface area contributed by atoms with Gasteiger partial charge in [-0.05, 0) is 30.7 Å². The third kappa shape index (κ3) is 3.60. The molecule has 4 nitrogen and oxygen atoms in total. The van der Waals surface area contributed by atoms with Crippen molar-refractivity contribution >= 4 is 11.8 Å². The average Bonchev–Trinajstić information content (AvgIpc) is 3.02. The Labute approximate surface area is 129 Å². The molecule has 3 rings (SSSR count). The summed E-state index contributed by atoms with van der Waals surface area (Å²) >= 11 is 2.02. The fourth-order valence-electron chi connectivity index (χ4n) is 2.53. The van der Waals surface area contributed by atoms with Crippen molar-refractivity contribution in [1.29, 1.82) is 0 Å². The largest absolute Gasteiger partial charge is 0.496 e. The minimum Gasteiger partial charge on any atom is -0.496 e. The first-order valence-corrected chi connectivity index (χ1v) is 8.42. The van der Waals surface area contributed by atoms with Crippen LogP contribution in [-0.2, 0) is 6.54 Å². The summed E-state index contributed by atoms with van der Waals surface area (Å²) in [6, 6.07) is 10.4. The van der Waals surface area contributed by atoms with Crippen molar-refractivity contribution in [3.05, 3.63) is 36.1 Å². The summed E-state index contributed by atoms with van der Waals surface area (Å²) in [5.41, 5.74) is 1.78. The zero-order chi connectivity index (χ0) is 14.5. The molecule has 0 saturated carbocycles. The number of benzene rings is 1. The van der Waals surface area contributed by atoms with Gasteiger partial charge in [0.2, 0.25) is 0 Å². The van der Waals surface area contributed by atoms with Crippen LogP contribution in [0.2, 0.25) is 0 Å². The van der Waals surface area contributed by atoms with Crippen molar-refractivity contribution in [3.8, 4) is 17.0 Å². The van der Waals surface area contributed by atoms with Crippen LogP contribution in [0, 0.1) is 0 Å². The van der Waals surface area contributed by atoms with E-state index in [2.05, 4.69) is 10.5 Å². The predicted octanol–water partition coefficient (Wildman–Crippen LogP) is 3.34. The molecule has 1 aliphatic rings. The Morgan fingerprint density at radius 3 is 3.14 bits per heavy atom. The van der Waals surface area contributed by atoms with E-state index >= 15 is 0 Å². The van der Waals surface area contributed by atoms with Gasteiger partial charge < -0.3 is 14.6 Å². The predicted molar refractivity (Wildman–Crippen MR) is 85.7 cm³/mol. The molecule has 0 spiro atoms. The van der Waals surface area contributed by atoms with Crippen LogP contribution in [0.15, 0.2) is 34.9 Å². The van der Waals surface area contributed by atoms with Crippen LogP contribution < -0.4 is 10.1 Å². The van der Waals surface area contributed by atoms with Crippen molar-refractivity contribution in [2.75, 3.05) is 18.6 Å². The molecule has 1 aliphatic heterocycles. The number of hydrogen-bond donors (Lipinski definition) is 1. The molecule has 0 aliphatic carbocycles. The van der Waals surface area contributed by atoms with Crippen LogP contribution in [-0.4, -0.2) is 29.8 Å². The summed E-state index contributed by atoms with van der Waals surface area (Å²) in [6.45, 7) is 0.730. The molecule has 1 N–H and O–H groups in total. The molecule has 2 aromatic rings. The van der Waals surface area contributed by atoms with E-state index in [1.54, 1.807) is 7.11 Å². The molecule has 112 valence electrons. The Bertz CT molecular complexity index is 579. The van der Waals surface area contributed by atoms with Crippen molar-refractivity contribution in [2.24, 2.45) is 0 Å². The van der Waals surface area contributed by atoms with Gasteiger partial charge in [0.05, 0.1) is 13.7 Å². The summed E-state index contributed by atoms with van der Waals surface area (Å²) in [7, 11) is 1.67. The van der Waals surface area contributed by atoms with E-state index in [-0.39, 0.29) is 0 Å². The maximum absolute atomic E-state index is 5.43. The number of methoxy groups -OCH3 is 1. The summed E-state index contributed by atoms with van der Waals surface area (Å²) < 4.78 is 10.8. The number of ether oxygens (including phenoxy) is 1. The summed E-state index contributed by atoms with van der Waals surface area (Å²) in [5, 5.41) is 7.70. The van der Waals surface area contributed by atoms with Crippen molar-refractivity contribution in [1.82, 2.24) is 10.5 Å². The Morgan fingerprint density at radius 2 is 2.33 bits per heavy atom. The molecular weight excluding hydrogens is 284 g/mol. The number of nitrogens with zero attached hydrogens (tertiary/aromatic N) is 1. The fourth-order valence-corrected chi connectivity index (χ4v) is 3.63. The van der Waals surface area contributed by atoms with Gasteiger partial charge in [0.15, 0.2) is 5.76 Å². The molecule has 1 aromatic heterocycles. The molecule has 0 bridgehead atoms. The highest BCUT2D eigenvalue weighted by atomic mass is 32.2. The van der Waals surface area contributed by atoms with Gasteiger partial charge in [0.25, 0.3) is 0 Å². The van der Waals surface area contributed by atoms with Gasteiger partial charge in [-0.15, -0.1) is 0 Å². The van der Waals surface area contributed by atoms with E-state index in [0.717, 1.165) is 29.3 Å². The quantitative estimate of drug-likeness (QED) is 0.918. The van der Waals surface area contributed by atoms with Gasteiger partial charge in [-0.25, -0.2) is 0 Å². The van der Waals surface area contributed by atoms with Gasteiger partial charge >= 0.3 is 0 Å². The summed E-state index contributed by atoms with van der Waals surface area (Å²) in [5.74, 6) is 4.16. The molecule has 1 aromatic carbocycles. The van der Waals surface area contributed by atoms with E-state index in [9.17, 15) is 0 Å². The number of thioether (sulfide) groups is 1. The number of nitrogens with one attached hydrogen (secondary N) is 1. The molecule has 1 saturated heterocycles. The van der Waals surface area contributed by atoms with Crippen LogP contribution in [0.4, 0.5) is 0 Å². The van der Waals surface area contributed by atoms with E-state index in [1.165, 1.54) is 24.3 Å². The SMILES string of the molecule is COc1ccccc1-c1cc(CN[C@H]2CCCSC2)on1. The maximum Gasteiger partial charge on any atom is 0.151 e. The monoisotopic (exact) mass is 304 g/mol. The summed E-state index contributed by atoms with van der Waals surface area (Å²) in [4.78, 5) is 0. The normalized spacial score (nSPS) is 18.6. The van der Waals surface area contributed by atoms with Gasteiger partial charge in [-0.1, -0.05) is 17.3 Å². The van der Waals surface area contributed by atoms with Crippen LogP contribution in [0.5, 0.6) is 5.75 Å². The molecule has 0 amide bonds. The maximum atomic E-state index is 5.43. The first kappa shape index (κ1) is 14.5. The highest BCUT2D eigenvalue weighted by molar-refractivity contribution is 7.99. The molecular formula is C16H20N2O2S. The standard InChI is InChI=1S/C16H20N2O2S/c1-19-16-7-3-2-6-14(16)15-9-13(20-18-15)10-17-12-5-4-8-21-11-12/h2-3,6-7,9,12,17H,4-5,8,10-11H2,1H3/t12-/m0/s1. The first-order chi connectivity index (χ1) is 10.4. The smallest absolute Gasteiger partial charge is 0.151 e. The van der Waals surface area contributed by atoms with Gasteiger partial charge in [0.1, 0.15) is 11.4 Å². The molecule has 0 radical (unpaired) electrons. The fraction of sp³-hybridized carbons (Fsp3) is 0.438. The lowest BCUT2D eigenvalue weighted by molar-refractivity contribution is 0.363. The van der Waals surface area contributed by atoms with E-state index < -0.39 is 0 Å². The zero-order valence-electron chi connectivity index (χ0n) is 12.2. The van der Waals surface area contributed by atoms with Crippen molar-refractivity contribution in [3.63, 3.8) is 0 Å². The van der Waals surface area contributed by atoms with Crippen LogP contribution in [0.1, 0.15) is 18.6 Å². The van der Waals surface area contributed by atoms with E-state index in [1.807, 2.05) is 42.1 Å². The number of para-hydroxylation sites is 1. The first-order valence-electron chi connectivity index (χ1n) is 7.27. The zero-order valence-corrected chi connectivity index (χ0v) is 13.0. The lowest BCUT2D eigenvalue weighted by atomic mass is 10.1. The second kappa shape index (κ2) is 7.00. The van der Waals surface area contributed by atoms with Gasteiger partial charge in [-0.2, -0.15) is 11.8 Å². The minimum atomic E-state index is 0.587. The van der Waals surface area contributed by atoms with Gasteiger partial charge in [-0.3, -0.25) is 0 Å². The van der Waals surface area contributed by atoms with E-state index in [4.69, 9.17) is 9.26 Å². The van der Waals surface area contributed by atoms with Crippen molar-refractivity contribution in [2.45, 2.75) is 25.4 Å². The lowest BCUT2D eigenvalue weighted by Gasteiger charge is -2.21. The molecule has 5 heteroatoms. The van der Waals surface area contributed by atoms with Gasteiger partial charge in [0, 0.05) is 23.4 Å². The Morgan fingerprint density at radius 1 is 1.43 bits per heavy atom. The topological polar surface area (TPSA) is 47.3 Å². The molecule has 0 unspecified atom stereocenters. The molecule has 1 fully saturated rings. The Balaban J connectivity index is 1.65. The van der Waals surface area contributed by atoms with E-state index in [0.29, 0.717) is 6.04 Å². The second-order valence-electron chi connectivity index (χ2n) is 5.17. The van der Waals surface area contributed by atoms with Crippen LogP contribution in [0.3, 0.4) is 0 Å². The highest BCUT2D eigenvalue weighted by Gasteiger charge is 2.15. The third-order valence-electron chi connectivity index (χ3n) is 3.67. The minimum absolute atomic E-state index is 0.587. The highest BCUT2D eigenvalue weighted by Crippen LogP contribution is 2.29. The summed E-state index contributed by atoms with van der Waals surface area (Å²) in [6.07, 6.45) is 2.55. The molecule has 21 heavy (non-hydrogen) atoms. The average molecular weight is 304 g/mol. The Kier molecular flexibility index (Phi) is 4.83. The molecule has 2 heterocycles. The third-order valence-corrected chi connectivity index (χ3v) is 4.88. The second-order valence-corrected chi connectivity index (χ2v) is 6.32. The van der Waals surface area contributed by atoms with Crippen LogP contribution in [0.25, 0.3) is 11.3 Å². The number of hydrogen-bond acceptors (Lipinski definition) is 5. The van der Waals surface area contributed by atoms with Crippen molar-refractivity contribution < 1.29 is 9.26 Å². The van der Waals surface area contributed by atoms with Crippen LogP contribution >= 0.6 is 11.8 Å². The number of rotatable bonds is 5. The molecule has 1 atom stereocenters.